The highest BCUT2D eigenvalue weighted by Crippen LogP contribution is 2.80. The van der Waals surface area contributed by atoms with Crippen LogP contribution in [0.15, 0.2) is 16.7 Å². The van der Waals surface area contributed by atoms with E-state index in [1.54, 1.807) is 6.26 Å². The number of Topliss-reactive ketones (excluding diaryl/α,β-unsaturated/α-hetero) is 1. The standard InChI is InChI=1S/C39H56N2O9/c1-22(2)12-16-36(4)30-29(43)31(44)37(5)26(38(30)20-47-28(42)18-27(38)49-36)13-15-35(3)32(48-34(45)33-39(35,37)50-33)24-14-17-46-25(24)11-9-7-6-8-10-23-19-40-21-41-23/h14,17,22-23,26-27,30-33,40-41,44H,6-13,15-16,18-21H2,1-5H3. The van der Waals surface area contributed by atoms with Gasteiger partial charge in [0.25, 0.3) is 0 Å². The van der Waals surface area contributed by atoms with Gasteiger partial charge in [0.05, 0.1) is 30.3 Å². The second-order valence-corrected chi connectivity index (χ2v) is 17.7. The first-order chi connectivity index (χ1) is 23.8. The van der Waals surface area contributed by atoms with Crippen LogP contribution < -0.4 is 10.6 Å². The van der Waals surface area contributed by atoms with Crippen molar-refractivity contribution in [3.05, 3.63) is 23.7 Å². The monoisotopic (exact) mass is 696 g/mol. The maximum absolute atomic E-state index is 14.8. The first-order valence-electron chi connectivity index (χ1n) is 19.3. The lowest BCUT2D eigenvalue weighted by atomic mass is 9.36. The molecule has 12 atom stereocenters. The zero-order chi connectivity index (χ0) is 35.3. The number of fused-ring (bicyclic) bond motifs is 1. The Kier molecular flexibility index (Phi) is 8.42. The van der Waals surface area contributed by atoms with E-state index < -0.39 is 63.8 Å². The minimum absolute atomic E-state index is 0.0580. The number of hydrogen-bond donors (Lipinski definition) is 3. The molecule has 5 aliphatic heterocycles. The van der Waals surface area contributed by atoms with Gasteiger partial charge in [0.2, 0.25) is 0 Å². The fourth-order valence-corrected chi connectivity index (χ4v) is 12.2. The van der Waals surface area contributed by atoms with Gasteiger partial charge in [0, 0.05) is 47.5 Å². The van der Waals surface area contributed by atoms with Crippen molar-refractivity contribution in [2.45, 2.75) is 147 Å². The first-order valence-corrected chi connectivity index (χ1v) is 19.3. The van der Waals surface area contributed by atoms with Crippen molar-refractivity contribution in [1.82, 2.24) is 10.6 Å². The Morgan fingerprint density at radius 3 is 2.60 bits per heavy atom. The van der Waals surface area contributed by atoms with Gasteiger partial charge >= 0.3 is 11.9 Å². The highest BCUT2D eigenvalue weighted by Gasteiger charge is 2.90. The average molecular weight is 697 g/mol. The van der Waals surface area contributed by atoms with E-state index >= 15 is 0 Å². The van der Waals surface area contributed by atoms with Crippen LogP contribution in [0.5, 0.6) is 0 Å². The van der Waals surface area contributed by atoms with Gasteiger partial charge in [-0.3, -0.25) is 9.59 Å². The molecule has 8 rings (SSSR count). The molecular formula is C39H56N2O9. The van der Waals surface area contributed by atoms with Gasteiger partial charge in [-0.25, -0.2) is 4.79 Å². The quantitative estimate of drug-likeness (QED) is 0.170. The van der Waals surface area contributed by atoms with Crippen molar-refractivity contribution in [2.75, 3.05) is 19.8 Å². The van der Waals surface area contributed by atoms with Crippen molar-refractivity contribution in [3.63, 3.8) is 0 Å². The SMILES string of the molecule is CC(C)CCC1(C)OC2CC(=O)OCC23C1C(=O)C(O)C1(C)C3CCC2(C)C(c3ccoc3CCCCCCC3CNCN3)OC(=O)C3OC321. The van der Waals surface area contributed by atoms with Crippen LogP contribution >= 0.6 is 0 Å². The van der Waals surface area contributed by atoms with Crippen LogP contribution in [0.1, 0.15) is 116 Å². The molecule has 276 valence electrons. The molecule has 12 unspecified atom stereocenters. The molecule has 6 heterocycles. The minimum atomic E-state index is -1.39. The van der Waals surface area contributed by atoms with Crippen LogP contribution in [0.2, 0.25) is 0 Å². The Bertz CT molecular complexity index is 1520. The van der Waals surface area contributed by atoms with Crippen molar-refractivity contribution >= 4 is 17.7 Å². The van der Waals surface area contributed by atoms with Gasteiger partial charge < -0.3 is 39.1 Å². The van der Waals surface area contributed by atoms with E-state index in [0.717, 1.165) is 56.6 Å². The molecule has 0 amide bonds. The van der Waals surface area contributed by atoms with E-state index in [2.05, 4.69) is 31.4 Å². The number of ketones is 1. The van der Waals surface area contributed by atoms with Crippen molar-refractivity contribution in [3.8, 4) is 0 Å². The summed E-state index contributed by atoms with van der Waals surface area (Å²) >= 11 is 0. The van der Waals surface area contributed by atoms with Crippen LogP contribution in [-0.4, -0.2) is 78.2 Å². The lowest BCUT2D eigenvalue weighted by molar-refractivity contribution is -0.252. The molecule has 1 aromatic heterocycles. The highest BCUT2D eigenvalue weighted by molar-refractivity contribution is 5.92. The van der Waals surface area contributed by atoms with E-state index in [0.29, 0.717) is 31.2 Å². The average Bonchev–Trinajstić information content (AvgIpc) is 3.33. The summed E-state index contributed by atoms with van der Waals surface area (Å²) in [6, 6.07) is 2.48. The third-order valence-corrected chi connectivity index (χ3v) is 14.6. The summed E-state index contributed by atoms with van der Waals surface area (Å²) in [4.78, 5) is 41.5. The van der Waals surface area contributed by atoms with Gasteiger partial charge in [-0.1, -0.05) is 47.0 Å². The van der Waals surface area contributed by atoms with Crippen LogP contribution in [0.3, 0.4) is 0 Å². The fourth-order valence-electron chi connectivity index (χ4n) is 12.2. The zero-order valence-electron chi connectivity index (χ0n) is 30.4. The third kappa shape index (κ3) is 4.68. The van der Waals surface area contributed by atoms with Crippen molar-refractivity contribution < 1.29 is 42.9 Å². The predicted molar refractivity (Wildman–Crippen MR) is 181 cm³/mol. The van der Waals surface area contributed by atoms with Gasteiger partial charge in [-0.05, 0) is 63.4 Å². The highest BCUT2D eigenvalue weighted by atomic mass is 16.7. The number of aliphatic hydroxyl groups excluding tert-OH is 1. The molecule has 11 heteroatoms. The van der Waals surface area contributed by atoms with Gasteiger partial charge in [0.15, 0.2) is 11.9 Å². The van der Waals surface area contributed by atoms with Gasteiger partial charge in [0.1, 0.15) is 30.2 Å². The predicted octanol–water partition coefficient (Wildman–Crippen LogP) is 4.54. The number of furan rings is 1. The van der Waals surface area contributed by atoms with E-state index in [1.807, 2.05) is 19.9 Å². The summed E-state index contributed by atoms with van der Waals surface area (Å²) in [5.74, 6) is -0.814. The topological polar surface area (TPSA) is 149 Å². The number of aliphatic hydroxyl groups is 1. The molecule has 0 aromatic carbocycles. The summed E-state index contributed by atoms with van der Waals surface area (Å²) in [5, 5.41) is 19.2. The molecule has 11 nitrogen and oxygen atoms in total. The van der Waals surface area contributed by atoms with E-state index in [1.165, 1.54) is 12.8 Å². The maximum Gasteiger partial charge on any atom is 0.339 e. The van der Waals surface area contributed by atoms with Gasteiger partial charge in [-0.15, -0.1) is 0 Å². The largest absolute Gasteiger partial charge is 0.469 e. The summed E-state index contributed by atoms with van der Waals surface area (Å²) < 4.78 is 31.7. The molecule has 50 heavy (non-hydrogen) atoms. The Morgan fingerprint density at radius 1 is 1.04 bits per heavy atom. The zero-order valence-corrected chi connectivity index (χ0v) is 30.4. The van der Waals surface area contributed by atoms with Crippen LogP contribution in [0, 0.1) is 34.0 Å². The summed E-state index contributed by atoms with van der Waals surface area (Å²) in [6.45, 7) is 12.3. The molecule has 7 aliphatic rings. The molecule has 3 N–H and O–H groups in total. The summed E-state index contributed by atoms with van der Waals surface area (Å²) in [5.41, 5.74) is -3.89. The second kappa shape index (κ2) is 12.1. The molecule has 0 radical (unpaired) electrons. The lowest BCUT2D eigenvalue weighted by Crippen LogP contribution is -2.76. The fraction of sp³-hybridized carbons (Fsp3) is 0.821. The molecule has 7 fully saturated rings. The number of nitrogens with one attached hydrogen (secondary N) is 2. The number of carbonyl (C=O) groups is 3. The Labute approximate surface area is 295 Å². The molecule has 2 aliphatic carbocycles. The second-order valence-electron chi connectivity index (χ2n) is 17.7. The van der Waals surface area contributed by atoms with Crippen LogP contribution in [0.25, 0.3) is 0 Å². The lowest BCUT2D eigenvalue weighted by Gasteiger charge is -2.66. The van der Waals surface area contributed by atoms with Crippen molar-refractivity contribution in [2.24, 2.45) is 34.0 Å². The van der Waals surface area contributed by atoms with Gasteiger partial charge in [-0.2, -0.15) is 0 Å². The number of epoxide rings is 1. The molecule has 1 aromatic rings. The number of ether oxygens (including phenoxy) is 4. The molecule has 0 bridgehead atoms. The van der Waals surface area contributed by atoms with Crippen molar-refractivity contribution in [1.29, 1.82) is 0 Å². The number of esters is 2. The number of unbranched alkanes of at least 4 members (excludes halogenated alkanes) is 3. The Hall–Kier alpha value is -2.31. The number of rotatable bonds is 11. The van der Waals surface area contributed by atoms with E-state index in [4.69, 9.17) is 23.4 Å². The maximum atomic E-state index is 14.8. The first kappa shape index (κ1) is 34.8. The molecule has 2 spiro atoms. The number of cyclic esters (lactones) is 2. The number of carbonyl (C=O) groups excluding carboxylic acids is 3. The minimum Gasteiger partial charge on any atom is -0.469 e. The Morgan fingerprint density at radius 2 is 1.84 bits per heavy atom. The number of aryl methyl sites for hydroxylation is 1. The van der Waals surface area contributed by atoms with Crippen LogP contribution in [0.4, 0.5) is 0 Å². The summed E-state index contributed by atoms with van der Waals surface area (Å²) in [6.07, 6.45) is 7.29. The third-order valence-electron chi connectivity index (χ3n) is 14.6. The normalized spacial score (nSPS) is 46.1. The van der Waals surface area contributed by atoms with Crippen LogP contribution in [-0.2, 0) is 39.8 Å². The molecular weight excluding hydrogens is 640 g/mol. The smallest absolute Gasteiger partial charge is 0.339 e. The molecule has 5 saturated heterocycles. The van der Waals surface area contributed by atoms with E-state index in [9.17, 15) is 19.5 Å². The molecule has 2 saturated carbocycles. The Balaban J connectivity index is 1.09. The number of hydrogen-bond acceptors (Lipinski definition) is 11. The van der Waals surface area contributed by atoms with E-state index in [-0.39, 0.29) is 30.7 Å². The summed E-state index contributed by atoms with van der Waals surface area (Å²) in [7, 11) is 0.